The van der Waals surface area contributed by atoms with E-state index in [1.807, 2.05) is 0 Å². The van der Waals surface area contributed by atoms with Crippen molar-refractivity contribution in [2.24, 2.45) is 5.41 Å². The predicted molar refractivity (Wildman–Crippen MR) is 74.8 cm³/mol. The number of benzene rings is 1. The number of alkyl halides is 2. The average Bonchev–Trinajstić information content (AvgIpc) is 2.77. The molecule has 2 heterocycles. The first kappa shape index (κ1) is 16.3. The fraction of sp³-hybridized carbons (Fsp3) is 0.500. The zero-order valence-electron chi connectivity index (χ0n) is 12.1. The number of nitrogens with one attached hydrogen (secondary N) is 1. The molecule has 0 saturated carbocycles. The monoisotopic (exact) mass is 348 g/mol. The number of nitrogens with zero attached hydrogens (tertiary/aromatic N) is 1. The number of carbonyl (C=O) groups excluding carboxylic acids is 1. The van der Waals surface area contributed by atoms with Crippen LogP contribution in [0.15, 0.2) is 29.2 Å². The van der Waals surface area contributed by atoms with Crippen molar-refractivity contribution in [3.63, 3.8) is 0 Å². The minimum Gasteiger partial charge on any atom is -0.356 e. The van der Waals surface area contributed by atoms with Gasteiger partial charge in [0.25, 0.3) is 5.92 Å². The van der Waals surface area contributed by atoms with Gasteiger partial charge in [-0.05, 0) is 24.6 Å². The summed E-state index contributed by atoms with van der Waals surface area (Å²) in [4.78, 5) is 11.6. The summed E-state index contributed by atoms with van der Waals surface area (Å²) in [5.74, 6) is -4.65. The van der Waals surface area contributed by atoms with Crippen molar-refractivity contribution < 1.29 is 26.4 Å². The van der Waals surface area contributed by atoms with Crippen molar-refractivity contribution in [2.75, 3.05) is 19.6 Å². The maximum absolute atomic E-state index is 14.1. The van der Waals surface area contributed by atoms with Crippen LogP contribution in [-0.4, -0.2) is 44.2 Å². The van der Waals surface area contributed by atoms with E-state index in [4.69, 9.17) is 0 Å². The second kappa shape index (κ2) is 5.20. The summed E-state index contributed by atoms with van der Waals surface area (Å²) >= 11 is 0. The Labute approximate surface area is 131 Å². The first-order chi connectivity index (χ1) is 10.6. The number of hydrogen-bond donors (Lipinski definition) is 1. The van der Waals surface area contributed by atoms with Crippen molar-refractivity contribution in [1.82, 2.24) is 9.62 Å². The van der Waals surface area contributed by atoms with Crippen LogP contribution in [0.5, 0.6) is 0 Å². The van der Waals surface area contributed by atoms with E-state index in [0.29, 0.717) is 4.31 Å². The Hall–Kier alpha value is -1.61. The van der Waals surface area contributed by atoms with E-state index in [1.54, 1.807) is 0 Å². The lowest BCUT2D eigenvalue weighted by molar-refractivity contribution is -0.142. The summed E-state index contributed by atoms with van der Waals surface area (Å²) in [5, 5.41) is 2.48. The van der Waals surface area contributed by atoms with Gasteiger partial charge in [-0.2, -0.15) is 4.31 Å². The normalized spacial score (nSPS) is 28.0. The summed E-state index contributed by atoms with van der Waals surface area (Å²) < 4.78 is 67.2. The Morgan fingerprint density at radius 2 is 1.96 bits per heavy atom. The van der Waals surface area contributed by atoms with Crippen LogP contribution in [0, 0.1) is 11.2 Å². The molecule has 0 aliphatic carbocycles. The Morgan fingerprint density at radius 1 is 1.22 bits per heavy atom. The molecule has 2 aliphatic rings. The number of piperidine rings is 1. The minimum atomic E-state index is -4.31. The van der Waals surface area contributed by atoms with Gasteiger partial charge >= 0.3 is 0 Å². The van der Waals surface area contributed by atoms with Crippen LogP contribution in [0.3, 0.4) is 0 Å². The number of carbonyl (C=O) groups is 1. The van der Waals surface area contributed by atoms with Crippen molar-refractivity contribution >= 4 is 15.9 Å². The molecule has 1 aromatic carbocycles. The second-order valence-electron chi connectivity index (χ2n) is 6.05. The number of halogens is 3. The van der Waals surface area contributed by atoms with Crippen LogP contribution in [0.1, 0.15) is 12.8 Å². The molecule has 0 unspecified atom stereocenters. The van der Waals surface area contributed by atoms with Gasteiger partial charge in [0.05, 0.1) is 16.9 Å². The number of sulfonamides is 1. The van der Waals surface area contributed by atoms with E-state index in [0.717, 1.165) is 18.2 Å². The van der Waals surface area contributed by atoms with Crippen molar-refractivity contribution in [1.29, 1.82) is 0 Å². The molecule has 9 heteroatoms. The Bertz CT molecular complexity index is 753. The highest BCUT2D eigenvalue weighted by atomic mass is 32.2. The molecule has 3 rings (SSSR count). The zero-order valence-corrected chi connectivity index (χ0v) is 12.9. The quantitative estimate of drug-likeness (QED) is 0.878. The van der Waals surface area contributed by atoms with Crippen LogP contribution in [0.2, 0.25) is 0 Å². The first-order valence-electron chi connectivity index (χ1n) is 7.07. The Balaban J connectivity index is 2.00. The van der Waals surface area contributed by atoms with Gasteiger partial charge in [0.1, 0.15) is 5.82 Å². The second-order valence-corrected chi connectivity index (χ2v) is 7.99. The van der Waals surface area contributed by atoms with Crippen LogP contribution < -0.4 is 5.32 Å². The van der Waals surface area contributed by atoms with Gasteiger partial charge in [-0.1, -0.05) is 6.07 Å². The summed E-state index contributed by atoms with van der Waals surface area (Å²) in [6, 6.07) is 4.19. The van der Waals surface area contributed by atoms with Crippen LogP contribution in [0.25, 0.3) is 0 Å². The molecule has 0 radical (unpaired) electrons. The van der Waals surface area contributed by atoms with Crippen LogP contribution in [-0.2, 0) is 14.8 Å². The molecule has 23 heavy (non-hydrogen) atoms. The smallest absolute Gasteiger partial charge is 0.262 e. The molecule has 2 saturated heterocycles. The fourth-order valence-electron chi connectivity index (χ4n) is 3.24. The number of hydrogen-bond acceptors (Lipinski definition) is 3. The third-order valence-electron chi connectivity index (χ3n) is 4.29. The molecule has 1 atom stereocenters. The average molecular weight is 348 g/mol. The molecule has 0 bridgehead atoms. The zero-order chi connectivity index (χ0) is 16.9. The van der Waals surface area contributed by atoms with Crippen molar-refractivity contribution in [3.05, 3.63) is 30.1 Å². The van der Waals surface area contributed by atoms with Crippen LogP contribution in [0.4, 0.5) is 13.2 Å². The molecular weight excluding hydrogens is 333 g/mol. The van der Waals surface area contributed by atoms with E-state index in [2.05, 4.69) is 5.32 Å². The summed E-state index contributed by atoms with van der Waals surface area (Å²) in [6.07, 6.45) is -0.530. The van der Waals surface area contributed by atoms with E-state index in [-0.39, 0.29) is 19.5 Å². The van der Waals surface area contributed by atoms with Gasteiger partial charge in [0, 0.05) is 19.5 Å². The lowest BCUT2D eigenvalue weighted by atomic mass is 9.78. The molecule has 1 spiro atoms. The van der Waals surface area contributed by atoms with E-state index in [1.165, 1.54) is 6.07 Å². The molecule has 1 N–H and O–H groups in total. The SMILES string of the molecule is O=C1NCC[C@]12CN(S(=O)(=O)c1cccc(F)c1)CC(F)(F)C2. The maximum atomic E-state index is 14.1. The first-order valence-corrected chi connectivity index (χ1v) is 8.51. The third kappa shape index (κ3) is 2.83. The van der Waals surface area contributed by atoms with E-state index in [9.17, 15) is 26.4 Å². The summed E-state index contributed by atoms with van der Waals surface area (Å²) in [5.41, 5.74) is -1.43. The highest BCUT2D eigenvalue weighted by molar-refractivity contribution is 7.89. The summed E-state index contributed by atoms with van der Waals surface area (Å²) in [6.45, 7) is -1.10. The Morgan fingerprint density at radius 3 is 2.57 bits per heavy atom. The third-order valence-corrected chi connectivity index (χ3v) is 6.08. The molecule has 2 aliphatic heterocycles. The van der Waals surface area contributed by atoms with Gasteiger partial charge in [0.15, 0.2) is 0 Å². The van der Waals surface area contributed by atoms with E-state index < -0.39 is 50.9 Å². The molecule has 1 amide bonds. The van der Waals surface area contributed by atoms with Crippen LogP contribution >= 0.6 is 0 Å². The topological polar surface area (TPSA) is 66.5 Å². The highest BCUT2D eigenvalue weighted by Gasteiger charge is 2.57. The number of amides is 1. The van der Waals surface area contributed by atoms with Gasteiger partial charge < -0.3 is 5.32 Å². The van der Waals surface area contributed by atoms with Gasteiger partial charge in [-0.3, -0.25) is 4.79 Å². The Kier molecular flexibility index (Phi) is 3.68. The van der Waals surface area contributed by atoms with Crippen molar-refractivity contribution in [2.45, 2.75) is 23.7 Å². The van der Waals surface area contributed by atoms with Gasteiger partial charge in [-0.25, -0.2) is 21.6 Å². The number of rotatable bonds is 2. The maximum Gasteiger partial charge on any atom is 0.262 e. The minimum absolute atomic E-state index is 0.149. The lowest BCUT2D eigenvalue weighted by Gasteiger charge is -2.41. The molecule has 0 aromatic heterocycles. The fourth-order valence-corrected chi connectivity index (χ4v) is 4.83. The summed E-state index contributed by atoms with van der Waals surface area (Å²) in [7, 11) is -4.31. The molecule has 5 nitrogen and oxygen atoms in total. The lowest BCUT2D eigenvalue weighted by Crippen LogP contribution is -2.56. The van der Waals surface area contributed by atoms with Crippen molar-refractivity contribution in [3.8, 4) is 0 Å². The molecule has 126 valence electrons. The van der Waals surface area contributed by atoms with E-state index >= 15 is 0 Å². The molecule has 2 fully saturated rings. The predicted octanol–water partition coefficient (Wildman–Crippen LogP) is 1.36. The van der Waals surface area contributed by atoms with Gasteiger partial charge in [0.2, 0.25) is 15.9 Å². The van der Waals surface area contributed by atoms with Gasteiger partial charge in [-0.15, -0.1) is 0 Å². The largest absolute Gasteiger partial charge is 0.356 e. The standard InChI is InChI=1S/C14H15F3N2O3S/c15-10-2-1-3-11(6-10)23(21,22)19-8-13(4-5-18-12(13)20)7-14(16,17)9-19/h1-3,6H,4-5,7-9H2,(H,18,20)/t13-/m0/s1. The highest BCUT2D eigenvalue weighted by Crippen LogP contribution is 2.44. The molecular formula is C14H15F3N2O3S. The molecule has 1 aromatic rings.